The van der Waals surface area contributed by atoms with Gasteiger partial charge in [0.25, 0.3) is 5.69 Å². The van der Waals surface area contributed by atoms with Crippen LogP contribution in [0, 0.1) is 21.7 Å². The Kier molecular flexibility index (Phi) is 4.49. The summed E-state index contributed by atoms with van der Waals surface area (Å²) >= 11 is 0. The number of non-ortho nitro benzene ring substituents is 1. The molecule has 2 aromatic rings. The van der Waals surface area contributed by atoms with Crippen molar-refractivity contribution < 1.29 is 22.1 Å². The molecule has 0 saturated carbocycles. The fraction of sp³-hybridized carbons (Fsp3) is 0.278. The Bertz CT molecular complexity index is 1120. The summed E-state index contributed by atoms with van der Waals surface area (Å²) < 4.78 is 52.7. The third kappa shape index (κ3) is 2.93. The maximum absolute atomic E-state index is 14.4. The molecule has 1 heterocycles. The molecular weight excluding hydrogens is 392 g/mol. The molecular formula is C18H17F2N3O4S. The topological polar surface area (TPSA) is 116 Å². The predicted molar refractivity (Wildman–Crippen MR) is 99.6 cm³/mol. The van der Waals surface area contributed by atoms with Gasteiger partial charge in [-0.3, -0.25) is 15.1 Å². The number of halogens is 2. The summed E-state index contributed by atoms with van der Waals surface area (Å²) in [6.45, 7) is 2.64. The Hall–Kier alpha value is -2.88. The van der Waals surface area contributed by atoms with Crippen LogP contribution < -0.4 is 5.73 Å². The van der Waals surface area contributed by atoms with Gasteiger partial charge < -0.3 is 5.73 Å². The summed E-state index contributed by atoms with van der Waals surface area (Å²) in [6.07, 6.45) is 0. The lowest BCUT2D eigenvalue weighted by molar-refractivity contribution is -0.385. The SMILES string of the molecule is C[C@@]1(c2cccc(F)c2)C(N)=N[C@](C)(c2cc([N+](=O)[O-])ccc2F)CS1(=O)=O. The van der Waals surface area contributed by atoms with E-state index in [9.17, 15) is 27.3 Å². The molecule has 0 aromatic heterocycles. The number of nitrogens with zero attached hydrogens (tertiary/aromatic N) is 2. The van der Waals surface area contributed by atoms with E-state index >= 15 is 0 Å². The summed E-state index contributed by atoms with van der Waals surface area (Å²) in [7, 11) is -4.11. The van der Waals surface area contributed by atoms with Gasteiger partial charge in [0, 0.05) is 17.7 Å². The number of benzene rings is 2. The largest absolute Gasteiger partial charge is 0.386 e. The van der Waals surface area contributed by atoms with Crippen LogP contribution in [-0.2, 0) is 20.1 Å². The van der Waals surface area contributed by atoms with Crippen LogP contribution in [0.3, 0.4) is 0 Å². The molecule has 0 aliphatic carbocycles. The van der Waals surface area contributed by atoms with Crippen molar-refractivity contribution >= 4 is 21.4 Å². The van der Waals surface area contributed by atoms with Crippen LogP contribution in [0.25, 0.3) is 0 Å². The third-order valence-electron chi connectivity index (χ3n) is 5.07. The lowest BCUT2D eigenvalue weighted by Crippen LogP contribution is -2.54. The fourth-order valence-corrected chi connectivity index (χ4v) is 5.47. The van der Waals surface area contributed by atoms with Crippen molar-refractivity contribution in [2.24, 2.45) is 10.7 Å². The van der Waals surface area contributed by atoms with Crippen LogP contribution in [0.1, 0.15) is 25.0 Å². The van der Waals surface area contributed by atoms with E-state index in [1.165, 1.54) is 26.0 Å². The van der Waals surface area contributed by atoms with Gasteiger partial charge in [-0.1, -0.05) is 12.1 Å². The molecule has 7 nitrogen and oxygen atoms in total. The van der Waals surface area contributed by atoms with Crippen LogP contribution in [0.5, 0.6) is 0 Å². The zero-order valence-electron chi connectivity index (χ0n) is 15.0. The zero-order chi connectivity index (χ0) is 20.9. The number of nitrogens with two attached hydrogens (primary N) is 1. The molecule has 148 valence electrons. The van der Waals surface area contributed by atoms with E-state index in [0.717, 1.165) is 30.3 Å². The normalized spacial score (nSPS) is 26.5. The second kappa shape index (κ2) is 6.33. The van der Waals surface area contributed by atoms with Crippen molar-refractivity contribution in [1.82, 2.24) is 0 Å². The minimum Gasteiger partial charge on any atom is -0.386 e. The highest BCUT2D eigenvalue weighted by molar-refractivity contribution is 7.93. The van der Waals surface area contributed by atoms with Gasteiger partial charge in [0.15, 0.2) is 14.6 Å². The van der Waals surface area contributed by atoms with Gasteiger partial charge in [-0.15, -0.1) is 0 Å². The third-order valence-corrected chi connectivity index (χ3v) is 7.70. The maximum Gasteiger partial charge on any atom is 0.270 e. The van der Waals surface area contributed by atoms with E-state index < -0.39 is 48.1 Å². The summed E-state index contributed by atoms with van der Waals surface area (Å²) in [5, 5.41) is 11.0. The number of hydrogen-bond donors (Lipinski definition) is 1. The molecule has 0 amide bonds. The van der Waals surface area contributed by atoms with Gasteiger partial charge in [-0.2, -0.15) is 0 Å². The number of nitro benzene ring substituents is 1. The van der Waals surface area contributed by atoms with E-state index in [1.807, 2.05) is 0 Å². The van der Waals surface area contributed by atoms with Crippen LogP contribution in [-0.4, -0.2) is 24.9 Å². The minimum absolute atomic E-state index is 0.0929. The highest BCUT2D eigenvalue weighted by Gasteiger charge is 2.53. The molecule has 3 rings (SSSR count). The number of hydrogen-bond acceptors (Lipinski definition) is 6. The van der Waals surface area contributed by atoms with Crippen molar-refractivity contribution in [1.29, 1.82) is 0 Å². The molecule has 1 aliphatic heterocycles. The summed E-state index contributed by atoms with van der Waals surface area (Å²) in [4.78, 5) is 14.5. The van der Waals surface area contributed by atoms with E-state index in [1.54, 1.807) is 0 Å². The molecule has 0 fully saturated rings. The van der Waals surface area contributed by atoms with E-state index in [4.69, 9.17) is 5.73 Å². The first-order valence-corrected chi connectivity index (χ1v) is 9.84. The molecule has 2 N–H and O–H groups in total. The molecule has 0 unspecified atom stereocenters. The van der Waals surface area contributed by atoms with Gasteiger partial charge >= 0.3 is 0 Å². The molecule has 1 aliphatic rings. The molecule has 0 bridgehead atoms. The first kappa shape index (κ1) is 19.9. The number of rotatable bonds is 3. The Balaban J connectivity index is 2.23. The lowest BCUT2D eigenvalue weighted by atomic mass is 9.91. The van der Waals surface area contributed by atoms with Crippen LogP contribution in [0.2, 0.25) is 0 Å². The average molecular weight is 409 g/mol. The molecule has 28 heavy (non-hydrogen) atoms. The van der Waals surface area contributed by atoms with Crippen LogP contribution in [0.4, 0.5) is 14.5 Å². The van der Waals surface area contributed by atoms with Gasteiger partial charge in [0.05, 0.1) is 10.7 Å². The number of sulfone groups is 1. The number of nitro groups is 1. The molecule has 0 spiro atoms. The smallest absolute Gasteiger partial charge is 0.270 e. The Morgan fingerprint density at radius 2 is 1.86 bits per heavy atom. The summed E-state index contributed by atoms with van der Waals surface area (Å²) in [5.41, 5.74) is 3.79. The quantitative estimate of drug-likeness (QED) is 0.618. The van der Waals surface area contributed by atoms with Crippen molar-refractivity contribution in [3.63, 3.8) is 0 Å². The van der Waals surface area contributed by atoms with Gasteiger partial charge in [0.1, 0.15) is 23.0 Å². The standard InChI is InChI=1S/C18H17F2N3O4S/c1-17(14-9-13(23(24)25)6-7-15(14)20)10-28(26,27)18(2,16(21)22-17)11-4-3-5-12(19)8-11/h3-9H,10H2,1-2H3,(H2,21,22)/t17-,18+/m0/s1. The first-order valence-electron chi connectivity index (χ1n) is 8.19. The van der Waals surface area contributed by atoms with Gasteiger partial charge in [0.2, 0.25) is 0 Å². The first-order chi connectivity index (χ1) is 12.9. The fourth-order valence-electron chi connectivity index (χ4n) is 3.37. The maximum atomic E-state index is 14.4. The molecule has 2 atom stereocenters. The van der Waals surface area contributed by atoms with Crippen LogP contribution >= 0.6 is 0 Å². The summed E-state index contributed by atoms with van der Waals surface area (Å²) in [6, 6.07) is 7.80. The van der Waals surface area contributed by atoms with E-state index in [0.29, 0.717) is 0 Å². The monoisotopic (exact) mass is 409 g/mol. The van der Waals surface area contributed by atoms with Gasteiger partial charge in [-0.25, -0.2) is 17.2 Å². The highest BCUT2D eigenvalue weighted by Crippen LogP contribution is 2.43. The number of amidine groups is 1. The minimum atomic E-state index is -4.11. The van der Waals surface area contributed by atoms with Gasteiger partial charge in [-0.05, 0) is 37.6 Å². The predicted octanol–water partition coefficient (Wildman–Crippen LogP) is 2.79. The molecule has 0 radical (unpaired) electrons. The Labute approximate surface area is 160 Å². The summed E-state index contributed by atoms with van der Waals surface area (Å²) in [5.74, 6) is -2.49. The Morgan fingerprint density at radius 1 is 1.18 bits per heavy atom. The lowest BCUT2D eigenvalue weighted by Gasteiger charge is -2.40. The van der Waals surface area contributed by atoms with Crippen molar-refractivity contribution in [2.75, 3.05) is 5.75 Å². The number of aliphatic imine (C=N–C) groups is 1. The van der Waals surface area contributed by atoms with E-state index in [-0.39, 0.29) is 17.0 Å². The van der Waals surface area contributed by atoms with Crippen molar-refractivity contribution in [3.05, 3.63) is 75.3 Å². The average Bonchev–Trinajstić information content (AvgIpc) is 2.59. The Morgan fingerprint density at radius 3 is 2.43 bits per heavy atom. The van der Waals surface area contributed by atoms with Crippen LogP contribution in [0.15, 0.2) is 47.5 Å². The van der Waals surface area contributed by atoms with Crippen molar-refractivity contribution in [3.8, 4) is 0 Å². The second-order valence-electron chi connectivity index (χ2n) is 6.99. The highest BCUT2D eigenvalue weighted by atomic mass is 32.2. The second-order valence-corrected chi connectivity index (χ2v) is 9.33. The van der Waals surface area contributed by atoms with E-state index in [2.05, 4.69) is 4.99 Å². The molecule has 0 saturated heterocycles. The molecule has 10 heteroatoms. The zero-order valence-corrected chi connectivity index (χ0v) is 15.8. The van der Waals surface area contributed by atoms with Crippen molar-refractivity contribution in [2.45, 2.75) is 24.1 Å². The molecule has 2 aromatic carbocycles.